The number of carbonyl (C=O) groups is 1. The number of fused-ring (bicyclic) bond motifs is 1. The number of hydrogen-bond donors (Lipinski definition) is 1. The second kappa shape index (κ2) is 9.03. The number of pyridine rings is 1. The summed E-state index contributed by atoms with van der Waals surface area (Å²) in [6.07, 6.45) is 10.3. The Hall–Kier alpha value is -4.34. The first kappa shape index (κ1) is 20.6. The van der Waals surface area contributed by atoms with E-state index >= 15 is 0 Å². The van der Waals surface area contributed by atoms with Crippen molar-refractivity contribution in [2.45, 2.75) is 19.4 Å². The maximum atomic E-state index is 12.1. The number of methoxy groups -OCH3 is 1. The highest BCUT2D eigenvalue weighted by molar-refractivity contribution is 5.94. The number of carbonyl (C=O) groups excluding carboxylic acids is 1. The highest BCUT2D eigenvalue weighted by atomic mass is 16.5. The van der Waals surface area contributed by atoms with Crippen LogP contribution in [0.3, 0.4) is 0 Å². The molecule has 1 aliphatic carbocycles. The Morgan fingerprint density at radius 3 is 2.97 bits per heavy atom. The van der Waals surface area contributed by atoms with Gasteiger partial charge in [-0.05, 0) is 43.0 Å². The molecule has 1 aliphatic rings. The molecule has 5 rings (SSSR count). The molecule has 33 heavy (non-hydrogen) atoms. The predicted octanol–water partition coefficient (Wildman–Crippen LogP) is 3.20. The lowest BCUT2D eigenvalue weighted by atomic mass is 10.2. The number of rotatable bonds is 8. The topological polar surface area (TPSA) is 116 Å². The standard InChI is InChI=1S/C23H21N7O3/c1-32-19-9-18(7-6-16(19)11-28-29-22(31)17-3-2-8-24-10-17)33-23-20-21(25-13-26-23)30(14-27-20)12-15-4-5-15/h2-3,6-11,13-15H,4-5,12H2,1H3,(H,29,31)/b28-11+. The Labute approximate surface area is 189 Å². The van der Waals surface area contributed by atoms with Crippen LogP contribution in [0.25, 0.3) is 11.2 Å². The second-order valence-electron chi connectivity index (χ2n) is 7.64. The minimum atomic E-state index is -0.354. The zero-order chi connectivity index (χ0) is 22.6. The smallest absolute Gasteiger partial charge is 0.272 e. The van der Waals surface area contributed by atoms with Gasteiger partial charge in [-0.25, -0.2) is 15.4 Å². The molecule has 0 bridgehead atoms. The van der Waals surface area contributed by atoms with Gasteiger partial charge in [0.1, 0.15) is 17.8 Å². The van der Waals surface area contributed by atoms with Crippen LogP contribution in [0.5, 0.6) is 17.4 Å². The van der Waals surface area contributed by atoms with Gasteiger partial charge in [0.15, 0.2) is 11.2 Å². The summed E-state index contributed by atoms with van der Waals surface area (Å²) in [4.78, 5) is 29.1. The van der Waals surface area contributed by atoms with Gasteiger partial charge in [0.2, 0.25) is 0 Å². The largest absolute Gasteiger partial charge is 0.496 e. The lowest BCUT2D eigenvalue weighted by Gasteiger charge is -2.09. The van der Waals surface area contributed by atoms with Crippen molar-refractivity contribution in [1.82, 2.24) is 29.9 Å². The summed E-state index contributed by atoms with van der Waals surface area (Å²) in [5.41, 5.74) is 4.92. The van der Waals surface area contributed by atoms with E-state index < -0.39 is 0 Å². The number of amides is 1. The zero-order valence-corrected chi connectivity index (χ0v) is 17.9. The van der Waals surface area contributed by atoms with E-state index in [2.05, 4.69) is 30.5 Å². The Morgan fingerprint density at radius 2 is 2.18 bits per heavy atom. The van der Waals surface area contributed by atoms with Crippen LogP contribution in [0.15, 0.2) is 60.5 Å². The molecule has 1 fully saturated rings. The van der Waals surface area contributed by atoms with Crippen LogP contribution in [-0.2, 0) is 6.54 Å². The van der Waals surface area contributed by atoms with Gasteiger partial charge >= 0.3 is 0 Å². The molecule has 0 atom stereocenters. The minimum Gasteiger partial charge on any atom is -0.496 e. The fraction of sp³-hybridized carbons (Fsp3) is 0.217. The Bertz CT molecular complexity index is 1320. The van der Waals surface area contributed by atoms with Gasteiger partial charge in [-0.3, -0.25) is 9.78 Å². The van der Waals surface area contributed by atoms with Crippen LogP contribution in [0.4, 0.5) is 0 Å². The summed E-state index contributed by atoms with van der Waals surface area (Å²) in [5.74, 6) is 1.78. The minimum absolute atomic E-state index is 0.354. The fourth-order valence-corrected chi connectivity index (χ4v) is 3.34. The summed E-state index contributed by atoms with van der Waals surface area (Å²) in [5, 5.41) is 4.01. The van der Waals surface area contributed by atoms with Gasteiger partial charge in [0.25, 0.3) is 11.8 Å². The molecular formula is C23H21N7O3. The molecule has 10 nitrogen and oxygen atoms in total. The van der Waals surface area contributed by atoms with Crippen LogP contribution in [-0.4, -0.2) is 43.7 Å². The summed E-state index contributed by atoms with van der Waals surface area (Å²) >= 11 is 0. The third-order valence-corrected chi connectivity index (χ3v) is 5.23. The van der Waals surface area contributed by atoms with Crippen LogP contribution >= 0.6 is 0 Å². The molecule has 1 N–H and O–H groups in total. The van der Waals surface area contributed by atoms with Crippen LogP contribution in [0, 0.1) is 5.92 Å². The average molecular weight is 443 g/mol. The van der Waals surface area contributed by atoms with Crippen LogP contribution in [0.1, 0.15) is 28.8 Å². The molecule has 1 saturated carbocycles. The molecule has 10 heteroatoms. The van der Waals surface area contributed by atoms with Crippen LogP contribution in [0.2, 0.25) is 0 Å². The van der Waals surface area contributed by atoms with Gasteiger partial charge < -0.3 is 14.0 Å². The second-order valence-corrected chi connectivity index (χ2v) is 7.64. The molecule has 0 spiro atoms. The third-order valence-electron chi connectivity index (χ3n) is 5.23. The van der Waals surface area contributed by atoms with Crippen LogP contribution < -0.4 is 14.9 Å². The van der Waals surface area contributed by atoms with Gasteiger partial charge in [0.05, 0.1) is 25.2 Å². The summed E-state index contributed by atoms with van der Waals surface area (Å²) < 4.78 is 13.5. The number of benzene rings is 1. The zero-order valence-electron chi connectivity index (χ0n) is 17.9. The molecule has 0 radical (unpaired) electrons. The van der Waals surface area contributed by atoms with E-state index in [9.17, 15) is 4.79 Å². The van der Waals surface area contributed by atoms with E-state index in [0.29, 0.717) is 39.9 Å². The molecule has 3 aromatic heterocycles. The number of hydrogen-bond acceptors (Lipinski definition) is 8. The van der Waals surface area contributed by atoms with Gasteiger partial charge in [0, 0.05) is 30.6 Å². The van der Waals surface area contributed by atoms with E-state index in [4.69, 9.17) is 9.47 Å². The normalized spacial score (nSPS) is 13.4. The molecule has 0 unspecified atom stereocenters. The van der Waals surface area contributed by atoms with E-state index in [1.54, 1.807) is 50.0 Å². The number of ether oxygens (including phenoxy) is 2. The summed E-state index contributed by atoms with van der Waals surface area (Å²) in [7, 11) is 1.55. The quantitative estimate of drug-likeness (QED) is 0.328. The van der Waals surface area contributed by atoms with Crippen molar-refractivity contribution in [3.05, 3.63) is 66.5 Å². The molecule has 1 aromatic carbocycles. The number of nitrogens with zero attached hydrogens (tertiary/aromatic N) is 6. The monoisotopic (exact) mass is 443 g/mol. The van der Waals surface area contributed by atoms with Crippen molar-refractivity contribution in [2.24, 2.45) is 11.0 Å². The van der Waals surface area contributed by atoms with Crippen molar-refractivity contribution in [2.75, 3.05) is 7.11 Å². The highest BCUT2D eigenvalue weighted by Crippen LogP contribution is 2.33. The Balaban J connectivity index is 1.31. The fourth-order valence-electron chi connectivity index (χ4n) is 3.34. The Morgan fingerprint density at radius 1 is 1.27 bits per heavy atom. The van der Waals surface area contributed by atoms with Crippen molar-refractivity contribution in [1.29, 1.82) is 0 Å². The number of hydrazone groups is 1. The third kappa shape index (κ3) is 4.64. The van der Waals surface area contributed by atoms with Crippen molar-refractivity contribution in [3.8, 4) is 17.4 Å². The van der Waals surface area contributed by atoms with Gasteiger partial charge in [-0.1, -0.05) is 0 Å². The molecule has 4 aromatic rings. The predicted molar refractivity (Wildman–Crippen MR) is 120 cm³/mol. The molecule has 0 saturated heterocycles. The van der Waals surface area contributed by atoms with E-state index in [-0.39, 0.29) is 5.91 Å². The van der Waals surface area contributed by atoms with Gasteiger partial charge in [-0.15, -0.1) is 0 Å². The Kier molecular flexibility index (Phi) is 5.62. The molecule has 0 aliphatic heterocycles. The average Bonchev–Trinajstić information content (AvgIpc) is 3.58. The van der Waals surface area contributed by atoms with Crippen molar-refractivity contribution >= 4 is 23.3 Å². The lowest BCUT2D eigenvalue weighted by molar-refractivity contribution is 0.0954. The van der Waals surface area contributed by atoms with Crippen molar-refractivity contribution < 1.29 is 14.3 Å². The van der Waals surface area contributed by atoms with E-state index in [1.807, 2.05) is 4.57 Å². The number of nitrogens with one attached hydrogen (secondary N) is 1. The first-order valence-corrected chi connectivity index (χ1v) is 10.5. The summed E-state index contributed by atoms with van der Waals surface area (Å²) in [6.45, 7) is 0.909. The molecular weight excluding hydrogens is 422 g/mol. The molecule has 1 amide bonds. The van der Waals surface area contributed by atoms with Gasteiger partial charge in [-0.2, -0.15) is 10.1 Å². The molecule has 166 valence electrons. The maximum Gasteiger partial charge on any atom is 0.272 e. The maximum absolute atomic E-state index is 12.1. The highest BCUT2D eigenvalue weighted by Gasteiger charge is 2.23. The van der Waals surface area contributed by atoms with Crippen molar-refractivity contribution in [3.63, 3.8) is 0 Å². The SMILES string of the molecule is COc1cc(Oc2ncnc3c2ncn3CC2CC2)ccc1/C=N/NC(=O)c1cccnc1. The first-order chi connectivity index (χ1) is 16.2. The van der Waals surface area contributed by atoms with E-state index in [1.165, 1.54) is 31.6 Å². The number of aromatic nitrogens is 5. The van der Waals surface area contributed by atoms with E-state index in [0.717, 1.165) is 12.2 Å². The number of imidazole rings is 1. The molecule has 3 heterocycles. The summed E-state index contributed by atoms with van der Waals surface area (Å²) in [6, 6.07) is 8.60. The first-order valence-electron chi connectivity index (χ1n) is 10.5. The lowest BCUT2D eigenvalue weighted by Crippen LogP contribution is -2.17.